The summed E-state index contributed by atoms with van der Waals surface area (Å²) in [6, 6.07) is 5.79. The summed E-state index contributed by atoms with van der Waals surface area (Å²) in [6.45, 7) is 2.24. The van der Waals surface area contributed by atoms with Crippen molar-refractivity contribution in [3.05, 3.63) is 28.2 Å². The van der Waals surface area contributed by atoms with Crippen molar-refractivity contribution < 1.29 is 9.59 Å². The fourth-order valence-electron chi connectivity index (χ4n) is 3.61. The molecule has 30 heavy (non-hydrogen) atoms. The first kappa shape index (κ1) is 24.6. The average Bonchev–Trinajstić information content (AvgIpc) is 3.15. The molecule has 1 saturated carbocycles. The Bertz CT molecular complexity index is 821. The van der Waals surface area contributed by atoms with E-state index in [-0.39, 0.29) is 17.9 Å². The number of rotatable bonds is 8. The number of amides is 2. The molecule has 0 radical (unpaired) electrons. The fraction of sp³-hybridized carbons (Fsp3) is 0.591. The van der Waals surface area contributed by atoms with Gasteiger partial charge in [-0.15, -0.1) is 11.3 Å². The van der Waals surface area contributed by atoms with Crippen LogP contribution >= 0.6 is 22.9 Å². The van der Waals surface area contributed by atoms with E-state index in [9.17, 15) is 9.59 Å². The number of thiazole rings is 1. The van der Waals surface area contributed by atoms with Crippen LogP contribution in [0.15, 0.2) is 18.2 Å². The summed E-state index contributed by atoms with van der Waals surface area (Å²) in [6.07, 6.45) is 9.11. The summed E-state index contributed by atoms with van der Waals surface area (Å²) in [5, 5.41) is 4.81. The van der Waals surface area contributed by atoms with Crippen LogP contribution < -0.4 is 16.8 Å². The van der Waals surface area contributed by atoms with Crippen molar-refractivity contribution in [1.82, 2.24) is 10.3 Å². The van der Waals surface area contributed by atoms with Gasteiger partial charge in [-0.25, -0.2) is 4.98 Å². The highest BCUT2D eigenvalue weighted by atomic mass is 35.5. The molecule has 5 N–H and O–H groups in total. The number of nitrogens with zero attached hydrogens (tertiary/aromatic N) is 1. The fourth-order valence-corrected chi connectivity index (χ4v) is 4.86. The van der Waals surface area contributed by atoms with E-state index in [2.05, 4.69) is 16.0 Å². The molecule has 0 aliphatic heterocycles. The highest BCUT2D eigenvalue weighted by molar-refractivity contribution is 7.18. The lowest BCUT2D eigenvalue weighted by atomic mass is 9.85. The van der Waals surface area contributed by atoms with Gasteiger partial charge in [0, 0.05) is 36.9 Å². The third kappa shape index (κ3) is 8.58. The monoisotopic (exact) mass is 452 g/mol. The summed E-state index contributed by atoms with van der Waals surface area (Å²) in [7, 11) is 0. The van der Waals surface area contributed by atoms with E-state index >= 15 is 0 Å². The van der Waals surface area contributed by atoms with Crippen LogP contribution in [0.4, 0.5) is 0 Å². The van der Waals surface area contributed by atoms with Crippen molar-refractivity contribution in [3.63, 3.8) is 0 Å². The molecule has 1 atom stereocenters. The molecular formula is C22H33ClN4O2S. The molecule has 1 aliphatic rings. The average molecular weight is 453 g/mol. The molecular weight excluding hydrogens is 420 g/mol. The second-order valence-electron chi connectivity index (χ2n) is 7.78. The van der Waals surface area contributed by atoms with Gasteiger partial charge >= 0.3 is 0 Å². The number of fused-ring (bicyclic) bond motifs is 1. The molecule has 1 unspecified atom stereocenters. The Labute approximate surface area is 187 Å². The maximum Gasteiger partial charge on any atom is 0.220 e. The van der Waals surface area contributed by atoms with Crippen LogP contribution in [0.1, 0.15) is 63.3 Å². The van der Waals surface area contributed by atoms with Crippen LogP contribution in [0.5, 0.6) is 0 Å². The third-order valence-electron chi connectivity index (χ3n) is 5.30. The zero-order valence-corrected chi connectivity index (χ0v) is 19.2. The van der Waals surface area contributed by atoms with Crippen molar-refractivity contribution in [2.24, 2.45) is 17.4 Å². The molecule has 6 nitrogen and oxygen atoms in total. The predicted octanol–water partition coefficient (Wildman–Crippen LogP) is 4.18. The van der Waals surface area contributed by atoms with Crippen molar-refractivity contribution in [2.45, 2.75) is 70.8 Å². The Morgan fingerprint density at radius 2 is 2.00 bits per heavy atom. The number of carbonyl (C=O) groups is 2. The number of nitrogens with two attached hydrogens (primary N) is 2. The standard InChI is InChI=1S/C19H26ClN3OS.C3H7NO/c20-14-6-7-16-17(11-14)25-19(23-16)9-8-18(24)22-15(12-21)10-13-4-2-1-3-5-13;1-2-3(4)5/h6-7,11,13,15H,1-5,8-10,12,21H2,(H,22,24);2H2,1H3,(H2,4,5). The molecule has 2 amide bonds. The number of primary amides is 1. The SMILES string of the molecule is CCC(N)=O.NCC(CC1CCCCC1)NC(=O)CCc1nc2ccc(Cl)cc2s1. The molecule has 1 heterocycles. The molecule has 2 aromatic rings. The van der Waals surface area contributed by atoms with Gasteiger partial charge in [-0.05, 0) is 30.5 Å². The van der Waals surface area contributed by atoms with E-state index in [0.29, 0.717) is 30.8 Å². The third-order valence-corrected chi connectivity index (χ3v) is 6.61. The quantitative estimate of drug-likeness (QED) is 0.557. The molecule has 1 aliphatic carbocycles. The maximum absolute atomic E-state index is 12.3. The molecule has 166 valence electrons. The van der Waals surface area contributed by atoms with Gasteiger partial charge in [0.25, 0.3) is 0 Å². The molecule has 0 spiro atoms. The second kappa shape index (κ2) is 12.9. The number of nitrogens with one attached hydrogen (secondary N) is 1. The number of carbonyl (C=O) groups excluding carboxylic acids is 2. The predicted molar refractivity (Wildman–Crippen MR) is 125 cm³/mol. The largest absolute Gasteiger partial charge is 0.370 e. The molecule has 1 fully saturated rings. The van der Waals surface area contributed by atoms with Crippen LogP contribution in [0.25, 0.3) is 10.2 Å². The van der Waals surface area contributed by atoms with Gasteiger partial charge in [-0.3, -0.25) is 9.59 Å². The summed E-state index contributed by atoms with van der Waals surface area (Å²) in [4.78, 5) is 26.4. The van der Waals surface area contributed by atoms with Crippen LogP contribution in [0.2, 0.25) is 5.02 Å². The van der Waals surface area contributed by atoms with Gasteiger partial charge in [-0.2, -0.15) is 0 Å². The zero-order valence-electron chi connectivity index (χ0n) is 17.7. The van der Waals surface area contributed by atoms with Crippen molar-refractivity contribution in [3.8, 4) is 0 Å². The number of aryl methyl sites for hydroxylation is 1. The summed E-state index contributed by atoms with van der Waals surface area (Å²) >= 11 is 7.62. The van der Waals surface area contributed by atoms with E-state index in [1.165, 1.54) is 32.1 Å². The Morgan fingerprint density at radius 1 is 1.30 bits per heavy atom. The van der Waals surface area contributed by atoms with Gasteiger partial charge in [0.2, 0.25) is 11.8 Å². The lowest BCUT2D eigenvalue weighted by Gasteiger charge is -2.26. The molecule has 3 rings (SSSR count). The molecule has 1 aromatic carbocycles. The first-order valence-corrected chi connectivity index (χ1v) is 11.9. The highest BCUT2D eigenvalue weighted by Crippen LogP contribution is 2.28. The normalized spacial score (nSPS) is 15.3. The van der Waals surface area contributed by atoms with Gasteiger partial charge in [-0.1, -0.05) is 50.6 Å². The maximum atomic E-state index is 12.3. The summed E-state index contributed by atoms with van der Waals surface area (Å²) in [5.74, 6) is 0.546. The summed E-state index contributed by atoms with van der Waals surface area (Å²) < 4.78 is 1.07. The van der Waals surface area contributed by atoms with Crippen molar-refractivity contribution in [1.29, 1.82) is 0 Å². The lowest BCUT2D eigenvalue weighted by molar-refractivity contribution is -0.122. The van der Waals surface area contributed by atoms with Gasteiger partial charge in [0.05, 0.1) is 15.2 Å². The second-order valence-corrected chi connectivity index (χ2v) is 9.33. The van der Waals surface area contributed by atoms with Crippen molar-refractivity contribution in [2.75, 3.05) is 6.54 Å². The number of benzene rings is 1. The van der Waals surface area contributed by atoms with E-state index < -0.39 is 0 Å². The van der Waals surface area contributed by atoms with Crippen LogP contribution in [-0.2, 0) is 16.0 Å². The summed E-state index contributed by atoms with van der Waals surface area (Å²) in [5.41, 5.74) is 11.5. The van der Waals surface area contributed by atoms with E-state index in [1.54, 1.807) is 18.3 Å². The van der Waals surface area contributed by atoms with Crippen LogP contribution in [-0.4, -0.2) is 29.4 Å². The minimum Gasteiger partial charge on any atom is -0.370 e. The minimum atomic E-state index is -0.245. The first-order valence-electron chi connectivity index (χ1n) is 10.7. The van der Waals surface area contributed by atoms with Gasteiger partial charge in [0.15, 0.2) is 0 Å². The molecule has 0 saturated heterocycles. The Kier molecular flexibility index (Phi) is 10.5. The highest BCUT2D eigenvalue weighted by Gasteiger charge is 2.19. The van der Waals surface area contributed by atoms with E-state index in [0.717, 1.165) is 27.6 Å². The van der Waals surface area contributed by atoms with Crippen LogP contribution in [0, 0.1) is 5.92 Å². The first-order chi connectivity index (χ1) is 14.4. The zero-order chi connectivity index (χ0) is 21.9. The Morgan fingerprint density at radius 3 is 2.63 bits per heavy atom. The molecule has 8 heteroatoms. The van der Waals surface area contributed by atoms with Gasteiger partial charge in [0.1, 0.15) is 0 Å². The van der Waals surface area contributed by atoms with Gasteiger partial charge < -0.3 is 16.8 Å². The topological polar surface area (TPSA) is 111 Å². The number of aromatic nitrogens is 1. The lowest BCUT2D eigenvalue weighted by Crippen LogP contribution is -2.41. The van der Waals surface area contributed by atoms with E-state index in [4.69, 9.17) is 17.3 Å². The minimum absolute atomic E-state index is 0.0727. The molecule has 0 bridgehead atoms. The Hall–Kier alpha value is -1.70. The van der Waals surface area contributed by atoms with E-state index in [1.807, 2.05) is 18.2 Å². The number of halogens is 1. The van der Waals surface area contributed by atoms with Crippen molar-refractivity contribution >= 4 is 45.0 Å². The number of hydrogen-bond donors (Lipinski definition) is 3. The smallest absolute Gasteiger partial charge is 0.220 e. The number of hydrogen-bond acceptors (Lipinski definition) is 5. The molecule has 1 aromatic heterocycles. The Balaban J connectivity index is 0.000000575. The van der Waals surface area contributed by atoms with Crippen LogP contribution in [0.3, 0.4) is 0 Å².